The molecule has 4 atom stereocenters. The number of aryl methyl sites for hydroxylation is 1. The molecule has 0 unspecified atom stereocenters. The first-order chi connectivity index (χ1) is 16.8. The molecule has 0 saturated heterocycles. The average molecular weight is 530 g/mol. The Morgan fingerprint density at radius 1 is 0.917 bits per heavy atom. The number of nitrogens with zero attached hydrogens (tertiary/aromatic N) is 1. The van der Waals surface area contributed by atoms with Crippen molar-refractivity contribution in [3.63, 3.8) is 0 Å². The van der Waals surface area contributed by atoms with Gasteiger partial charge in [-0.2, -0.15) is 13.2 Å². The van der Waals surface area contributed by atoms with Crippen molar-refractivity contribution in [1.29, 1.82) is 0 Å². The van der Waals surface area contributed by atoms with Gasteiger partial charge < -0.3 is 46.8 Å². The van der Waals surface area contributed by atoms with Gasteiger partial charge in [0.25, 0.3) is 0 Å². The molecular formula is C22H38F3N3O8. The number of hydrogen-bond acceptors (Lipinski definition) is 10. The highest BCUT2D eigenvalue weighted by molar-refractivity contribution is 5.73. The van der Waals surface area contributed by atoms with E-state index in [2.05, 4.69) is 17.4 Å². The lowest BCUT2D eigenvalue weighted by Crippen LogP contribution is -2.47. The van der Waals surface area contributed by atoms with Crippen LogP contribution in [0.25, 0.3) is 0 Å². The Balaban J connectivity index is 0.00000152. The summed E-state index contributed by atoms with van der Waals surface area (Å²) in [5.41, 5.74) is 7.68. The highest BCUT2D eigenvalue weighted by atomic mass is 19.4. The molecule has 0 aliphatic rings. The molecule has 0 heterocycles. The molecule has 1 aromatic rings. The average Bonchev–Trinajstić information content (AvgIpc) is 2.83. The van der Waals surface area contributed by atoms with Crippen LogP contribution in [0.1, 0.15) is 18.4 Å². The lowest BCUT2D eigenvalue weighted by molar-refractivity contribution is -0.192. The summed E-state index contributed by atoms with van der Waals surface area (Å²) in [5, 5.41) is 67.4. The van der Waals surface area contributed by atoms with E-state index < -0.39 is 49.8 Å². The topological polar surface area (TPSA) is 200 Å². The molecule has 0 aliphatic carbocycles. The highest BCUT2D eigenvalue weighted by Gasteiger charge is 2.38. The van der Waals surface area contributed by atoms with Crippen molar-refractivity contribution in [3.8, 4) is 0 Å². The SMILES string of the molecule is NCCCCc1ccc(NCCN(C[C@H](O)[C@H](O)CO)C[C@H](O)[C@H](O)CO)cc1.O=C(O)C(F)(F)F. The molecule has 0 saturated carbocycles. The van der Waals surface area contributed by atoms with Crippen molar-refractivity contribution in [2.24, 2.45) is 5.73 Å². The molecule has 36 heavy (non-hydrogen) atoms. The fraction of sp³-hybridized carbons (Fsp3) is 0.682. The molecule has 210 valence electrons. The van der Waals surface area contributed by atoms with Crippen molar-refractivity contribution in [2.45, 2.75) is 49.9 Å². The first-order valence-electron chi connectivity index (χ1n) is 11.3. The molecule has 14 heteroatoms. The number of rotatable bonds is 16. The highest BCUT2D eigenvalue weighted by Crippen LogP contribution is 2.13. The Labute approximate surface area is 207 Å². The molecule has 0 spiro atoms. The predicted molar refractivity (Wildman–Crippen MR) is 125 cm³/mol. The van der Waals surface area contributed by atoms with Gasteiger partial charge in [-0.25, -0.2) is 4.79 Å². The number of anilines is 1. The number of aliphatic hydroxyl groups is 6. The van der Waals surface area contributed by atoms with Crippen molar-refractivity contribution >= 4 is 11.7 Å². The summed E-state index contributed by atoms with van der Waals surface area (Å²) in [6.45, 7) is 0.445. The van der Waals surface area contributed by atoms with Gasteiger partial charge in [-0.05, 0) is 43.5 Å². The van der Waals surface area contributed by atoms with Crippen LogP contribution < -0.4 is 11.1 Å². The predicted octanol–water partition coefficient (Wildman–Crippen LogP) is -1.26. The fourth-order valence-electron chi connectivity index (χ4n) is 2.89. The van der Waals surface area contributed by atoms with E-state index in [4.69, 9.17) is 25.8 Å². The van der Waals surface area contributed by atoms with Gasteiger partial charge in [0.2, 0.25) is 0 Å². The quantitative estimate of drug-likeness (QED) is 0.116. The maximum absolute atomic E-state index is 10.6. The van der Waals surface area contributed by atoms with Gasteiger partial charge in [0.1, 0.15) is 12.2 Å². The molecule has 0 radical (unpaired) electrons. The number of halogens is 3. The number of unbranched alkanes of at least 4 members (excludes halogenated alkanes) is 1. The van der Waals surface area contributed by atoms with E-state index in [-0.39, 0.29) is 13.1 Å². The van der Waals surface area contributed by atoms with Crippen LogP contribution in [0.15, 0.2) is 24.3 Å². The summed E-state index contributed by atoms with van der Waals surface area (Å²) in [6, 6.07) is 8.08. The first-order valence-corrected chi connectivity index (χ1v) is 11.3. The lowest BCUT2D eigenvalue weighted by atomic mass is 10.1. The molecule has 11 nitrogen and oxygen atoms in total. The number of hydrogen-bond donors (Lipinski definition) is 9. The van der Waals surface area contributed by atoms with Crippen molar-refractivity contribution in [3.05, 3.63) is 29.8 Å². The number of benzene rings is 1. The second-order valence-corrected chi connectivity index (χ2v) is 8.07. The first kappa shape index (κ1) is 34.0. The normalized spacial score (nSPS) is 15.0. The molecule has 1 aromatic carbocycles. The van der Waals surface area contributed by atoms with E-state index in [1.54, 1.807) is 4.90 Å². The number of nitrogens with one attached hydrogen (secondary N) is 1. The van der Waals surface area contributed by atoms with Gasteiger partial charge in [0, 0.05) is 31.9 Å². The van der Waals surface area contributed by atoms with Gasteiger partial charge in [0.05, 0.1) is 25.4 Å². The molecule has 0 bridgehead atoms. The smallest absolute Gasteiger partial charge is 0.475 e. The summed E-state index contributed by atoms with van der Waals surface area (Å²) >= 11 is 0. The Hall–Kier alpha value is -2.04. The number of carboxylic acids is 1. The van der Waals surface area contributed by atoms with Crippen LogP contribution in [0.2, 0.25) is 0 Å². The molecule has 0 fully saturated rings. The number of alkyl halides is 3. The molecule has 1 rings (SSSR count). The lowest BCUT2D eigenvalue weighted by Gasteiger charge is -2.30. The summed E-state index contributed by atoms with van der Waals surface area (Å²) in [4.78, 5) is 10.5. The number of carbonyl (C=O) groups is 1. The van der Waals surface area contributed by atoms with E-state index in [1.165, 1.54) is 5.56 Å². The van der Waals surface area contributed by atoms with E-state index in [0.29, 0.717) is 19.6 Å². The van der Waals surface area contributed by atoms with Crippen LogP contribution in [0.3, 0.4) is 0 Å². The minimum Gasteiger partial charge on any atom is -0.475 e. The van der Waals surface area contributed by atoms with Gasteiger partial charge in [-0.1, -0.05) is 12.1 Å². The van der Waals surface area contributed by atoms with Crippen LogP contribution in [0.5, 0.6) is 0 Å². The van der Waals surface area contributed by atoms with Crippen LogP contribution in [-0.2, 0) is 11.2 Å². The minimum absolute atomic E-state index is 0.00129. The minimum atomic E-state index is -5.08. The van der Waals surface area contributed by atoms with Crippen molar-refractivity contribution in [2.75, 3.05) is 51.3 Å². The third kappa shape index (κ3) is 15.2. The Morgan fingerprint density at radius 2 is 1.39 bits per heavy atom. The number of nitrogens with two attached hydrogens (primary N) is 1. The molecular weight excluding hydrogens is 491 g/mol. The van der Waals surface area contributed by atoms with Gasteiger partial charge in [0.15, 0.2) is 0 Å². The zero-order chi connectivity index (χ0) is 27.7. The monoisotopic (exact) mass is 529 g/mol. The van der Waals surface area contributed by atoms with E-state index >= 15 is 0 Å². The Bertz CT molecular complexity index is 695. The van der Waals surface area contributed by atoms with Crippen LogP contribution in [-0.4, -0.2) is 123 Å². The largest absolute Gasteiger partial charge is 0.490 e. The standard InChI is InChI=1S/C20H37N3O6.C2HF3O2/c21-8-2-1-3-15-4-6-16(7-5-15)22-9-10-23(11-17(26)19(28)13-24)12-18(27)20(29)14-25;3-2(4,5)1(6)7/h4-7,17-20,22,24-29H,1-3,8-14,21H2;(H,6,7)/t17-,18-,19+,20+;/m0./s1. The Kier molecular flexibility index (Phi) is 17.2. The molecule has 0 aromatic heterocycles. The molecule has 10 N–H and O–H groups in total. The van der Waals surface area contributed by atoms with Gasteiger partial charge in [-0.3, -0.25) is 4.90 Å². The summed E-state index contributed by atoms with van der Waals surface area (Å²) in [5.74, 6) is -2.76. The van der Waals surface area contributed by atoms with Crippen LogP contribution in [0, 0.1) is 0 Å². The molecule has 0 aliphatic heterocycles. The second kappa shape index (κ2) is 18.2. The summed E-state index contributed by atoms with van der Waals surface area (Å²) in [6.07, 6.45) is -7.03. The van der Waals surface area contributed by atoms with Crippen LogP contribution in [0.4, 0.5) is 18.9 Å². The van der Waals surface area contributed by atoms with Crippen molar-refractivity contribution < 1.29 is 53.7 Å². The van der Waals surface area contributed by atoms with Crippen LogP contribution >= 0.6 is 0 Å². The zero-order valence-electron chi connectivity index (χ0n) is 19.9. The van der Waals surface area contributed by atoms with E-state index in [0.717, 1.165) is 24.9 Å². The summed E-state index contributed by atoms with van der Waals surface area (Å²) in [7, 11) is 0. The van der Waals surface area contributed by atoms with Gasteiger partial charge in [-0.15, -0.1) is 0 Å². The molecule has 0 amide bonds. The van der Waals surface area contributed by atoms with E-state index in [1.807, 2.05) is 12.1 Å². The number of aliphatic hydroxyl groups excluding tert-OH is 6. The zero-order valence-corrected chi connectivity index (χ0v) is 19.9. The second-order valence-electron chi connectivity index (χ2n) is 8.07. The summed E-state index contributed by atoms with van der Waals surface area (Å²) < 4.78 is 31.7. The van der Waals surface area contributed by atoms with Gasteiger partial charge >= 0.3 is 12.1 Å². The fourth-order valence-corrected chi connectivity index (χ4v) is 2.89. The maximum atomic E-state index is 10.6. The number of carboxylic acid groups (broad SMARTS) is 1. The third-order valence-electron chi connectivity index (χ3n) is 5.03. The number of aliphatic carboxylic acids is 1. The van der Waals surface area contributed by atoms with E-state index in [9.17, 15) is 33.6 Å². The van der Waals surface area contributed by atoms with Crippen molar-refractivity contribution in [1.82, 2.24) is 4.90 Å². The Morgan fingerprint density at radius 3 is 1.78 bits per heavy atom. The maximum Gasteiger partial charge on any atom is 0.490 e. The third-order valence-corrected chi connectivity index (χ3v) is 5.03.